The third kappa shape index (κ3) is 5.00. The molecule has 0 aliphatic carbocycles. The Kier molecular flexibility index (Phi) is 7.51. The zero-order valence-corrected chi connectivity index (χ0v) is 14.3. The average Bonchev–Trinajstić information content (AvgIpc) is 2.65. The highest BCUT2D eigenvalue weighted by Crippen LogP contribution is 2.20. The highest BCUT2D eigenvalue weighted by molar-refractivity contribution is 5.98. The Balaban J connectivity index is 3.11. The van der Waals surface area contributed by atoms with Gasteiger partial charge in [-0.15, -0.1) is 0 Å². The normalized spacial score (nSPS) is 12.7. The van der Waals surface area contributed by atoms with E-state index in [4.69, 9.17) is 0 Å². The zero-order valence-electron chi connectivity index (χ0n) is 14.3. The number of ether oxygens (including phenoxy) is 3. The number of amides is 1. The van der Waals surface area contributed by atoms with Crippen LogP contribution in [0.2, 0.25) is 0 Å². The molecule has 0 radical (unpaired) electrons. The quantitative estimate of drug-likeness (QED) is 0.412. The lowest BCUT2D eigenvalue weighted by atomic mass is 9.87. The molecule has 0 spiro atoms. The lowest BCUT2D eigenvalue weighted by Crippen LogP contribution is -2.51. The molecule has 1 aromatic rings. The molecule has 0 saturated carbocycles. The first-order valence-corrected chi connectivity index (χ1v) is 7.31. The first-order valence-electron chi connectivity index (χ1n) is 7.31. The Morgan fingerprint density at radius 3 is 2.00 bits per heavy atom. The van der Waals surface area contributed by atoms with E-state index in [1.54, 1.807) is 6.07 Å². The van der Waals surface area contributed by atoms with Crippen molar-refractivity contribution in [2.24, 2.45) is 11.8 Å². The maximum absolute atomic E-state index is 12.3. The number of methoxy groups -OCH3 is 3. The number of pyridine rings is 1. The molecule has 0 aromatic carbocycles. The fourth-order valence-electron chi connectivity index (χ4n) is 2.23. The Labute approximate surface area is 144 Å². The van der Waals surface area contributed by atoms with Crippen LogP contribution in [0.4, 0.5) is 0 Å². The molecular formula is C16H20N2O7. The summed E-state index contributed by atoms with van der Waals surface area (Å²) in [4.78, 5) is 52.0. The highest BCUT2D eigenvalue weighted by atomic mass is 16.5. The zero-order chi connectivity index (χ0) is 19.0. The fraction of sp³-hybridized carbons (Fsp3) is 0.438. The standard InChI is InChI=1S/C16H20N2O7/c1-9(11(14(20)23-2)15(21)24-3)12(16(22)25-4)18-13(19)10-6-5-7-17-8-10/h5-9,11-12H,1-4H3,(H,18,19)/t9-,12+/m0/s1. The van der Waals surface area contributed by atoms with E-state index in [1.165, 1.54) is 25.4 Å². The van der Waals surface area contributed by atoms with E-state index in [9.17, 15) is 19.2 Å². The predicted molar refractivity (Wildman–Crippen MR) is 84.2 cm³/mol. The summed E-state index contributed by atoms with van der Waals surface area (Å²) in [6.45, 7) is 1.43. The van der Waals surface area contributed by atoms with Gasteiger partial charge in [0.25, 0.3) is 5.91 Å². The Morgan fingerprint density at radius 2 is 1.56 bits per heavy atom. The minimum Gasteiger partial charge on any atom is -0.468 e. The Bertz CT molecular complexity index is 617. The maximum atomic E-state index is 12.3. The van der Waals surface area contributed by atoms with E-state index in [0.717, 1.165) is 21.3 Å². The molecule has 1 heterocycles. The molecule has 0 saturated heterocycles. The molecule has 9 nitrogen and oxygen atoms in total. The van der Waals surface area contributed by atoms with Gasteiger partial charge in [0.1, 0.15) is 6.04 Å². The van der Waals surface area contributed by atoms with Gasteiger partial charge in [-0.05, 0) is 12.1 Å². The van der Waals surface area contributed by atoms with Crippen LogP contribution in [0.15, 0.2) is 24.5 Å². The first-order chi connectivity index (χ1) is 11.9. The molecule has 1 amide bonds. The maximum Gasteiger partial charge on any atom is 0.328 e. The number of hydrogen-bond acceptors (Lipinski definition) is 8. The van der Waals surface area contributed by atoms with Crippen LogP contribution in [0.25, 0.3) is 0 Å². The van der Waals surface area contributed by atoms with Crippen molar-refractivity contribution < 1.29 is 33.4 Å². The fourth-order valence-corrected chi connectivity index (χ4v) is 2.23. The van der Waals surface area contributed by atoms with Crippen molar-refractivity contribution in [3.63, 3.8) is 0 Å². The van der Waals surface area contributed by atoms with Gasteiger partial charge in [-0.3, -0.25) is 19.4 Å². The molecule has 0 aliphatic heterocycles. The molecular weight excluding hydrogens is 332 g/mol. The smallest absolute Gasteiger partial charge is 0.328 e. The SMILES string of the molecule is COC(=O)C(C(=O)OC)[C@H](C)[C@@H](NC(=O)c1cccnc1)C(=O)OC. The van der Waals surface area contributed by atoms with Crippen LogP contribution in [-0.2, 0) is 28.6 Å². The molecule has 2 atom stereocenters. The van der Waals surface area contributed by atoms with Crippen LogP contribution in [0.5, 0.6) is 0 Å². The summed E-state index contributed by atoms with van der Waals surface area (Å²) in [5.74, 6) is -5.58. The van der Waals surface area contributed by atoms with Gasteiger partial charge in [0.15, 0.2) is 5.92 Å². The molecule has 0 fully saturated rings. The molecule has 0 unspecified atom stereocenters. The predicted octanol–water partition coefficient (Wildman–Crippen LogP) is -0.0487. The minimum absolute atomic E-state index is 0.205. The molecule has 0 bridgehead atoms. The number of hydrogen-bond donors (Lipinski definition) is 1. The number of nitrogens with one attached hydrogen (secondary N) is 1. The van der Waals surface area contributed by atoms with Gasteiger partial charge < -0.3 is 19.5 Å². The van der Waals surface area contributed by atoms with Gasteiger partial charge in [-0.2, -0.15) is 0 Å². The van der Waals surface area contributed by atoms with E-state index in [1.807, 2.05) is 0 Å². The van der Waals surface area contributed by atoms with Gasteiger partial charge >= 0.3 is 17.9 Å². The summed E-state index contributed by atoms with van der Waals surface area (Å²) in [7, 11) is 3.34. The first kappa shape index (κ1) is 20.1. The van der Waals surface area contributed by atoms with Crippen LogP contribution >= 0.6 is 0 Å². The molecule has 1 N–H and O–H groups in total. The van der Waals surface area contributed by atoms with E-state index in [-0.39, 0.29) is 5.56 Å². The number of aromatic nitrogens is 1. The van der Waals surface area contributed by atoms with Crippen molar-refractivity contribution in [1.82, 2.24) is 10.3 Å². The number of rotatable bonds is 7. The molecule has 9 heteroatoms. The van der Waals surface area contributed by atoms with E-state index < -0.39 is 41.7 Å². The summed E-state index contributed by atoms with van der Waals surface area (Å²) in [6.07, 6.45) is 2.80. The Hall–Kier alpha value is -2.97. The lowest BCUT2D eigenvalue weighted by Gasteiger charge is -2.27. The van der Waals surface area contributed by atoms with Gasteiger partial charge in [-0.25, -0.2) is 4.79 Å². The monoisotopic (exact) mass is 352 g/mol. The summed E-state index contributed by atoms with van der Waals surface area (Å²) >= 11 is 0. The summed E-state index contributed by atoms with van der Waals surface area (Å²) in [5, 5.41) is 2.45. The van der Waals surface area contributed by atoms with Crippen molar-refractivity contribution in [1.29, 1.82) is 0 Å². The largest absolute Gasteiger partial charge is 0.468 e. The van der Waals surface area contributed by atoms with Crippen molar-refractivity contribution >= 4 is 23.8 Å². The molecule has 0 aliphatic rings. The lowest BCUT2D eigenvalue weighted by molar-refractivity contribution is -0.162. The topological polar surface area (TPSA) is 121 Å². The average molecular weight is 352 g/mol. The van der Waals surface area contributed by atoms with Crippen molar-refractivity contribution in [3.05, 3.63) is 30.1 Å². The number of esters is 3. The number of carbonyl (C=O) groups excluding carboxylic acids is 4. The summed E-state index contributed by atoms with van der Waals surface area (Å²) in [5.41, 5.74) is 0.205. The van der Waals surface area contributed by atoms with Crippen LogP contribution < -0.4 is 5.32 Å². The third-order valence-corrected chi connectivity index (χ3v) is 3.63. The highest BCUT2D eigenvalue weighted by Gasteiger charge is 2.42. The second kappa shape index (κ2) is 9.36. The van der Waals surface area contributed by atoms with E-state index >= 15 is 0 Å². The minimum atomic E-state index is -1.41. The molecule has 1 rings (SSSR count). The van der Waals surface area contributed by atoms with Gasteiger partial charge in [0.2, 0.25) is 0 Å². The van der Waals surface area contributed by atoms with Crippen molar-refractivity contribution in [2.45, 2.75) is 13.0 Å². The second-order valence-electron chi connectivity index (χ2n) is 5.10. The Morgan fingerprint density at radius 1 is 1.00 bits per heavy atom. The van der Waals surface area contributed by atoms with Crippen molar-refractivity contribution in [3.8, 4) is 0 Å². The van der Waals surface area contributed by atoms with E-state index in [2.05, 4.69) is 24.5 Å². The summed E-state index contributed by atoms with van der Waals surface area (Å²) in [6, 6.07) is 1.78. The third-order valence-electron chi connectivity index (χ3n) is 3.63. The molecule has 136 valence electrons. The number of carbonyl (C=O) groups is 4. The van der Waals surface area contributed by atoms with Gasteiger partial charge in [0, 0.05) is 18.3 Å². The summed E-state index contributed by atoms with van der Waals surface area (Å²) < 4.78 is 13.9. The van der Waals surface area contributed by atoms with Crippen LogP contribution in [0, 0.1) is 11.8 Å². The van der Waals surface area contributed by atoms with Gasteiger partial charge in [-0.1, -0.05) is 6.92 Å². The molecule has 1 aromatic heterocycles. The number of nitrogens with zero attached hydrogens (tertiary/aromatic N) is 1. The van der Waals surface area contributed by atoms with E-state index in [0.29, 0.717) is 0 Å². The van der Waals surface area contributed by atoms with Crippen molar-refractivity contribution in [2.75, 3.05) is 21.3 Å². The van der Waals surface area contributed by atoms with Gasteiger partial charge in [0.05, 0.1) is 26.9 Å². The van der Waals surface area contributed by atoms with Crippen LogP contribution in [-0.4, -0.2) is 56.2 Å². The molecule has 25 heavy (non-hydrogen) atoms. The second-order valence-corrected chi connectivity index (χ2v) is 5.10. The van der Waals surface area contributed by atoms with Crippen LogP contribution in [0.1, 0.15) is 17.3 Å². The van der Waals surface area contributed by atoms with Crippen LogP contribution in [0.3, 0.4) is 0 Å².